The van der Waals surface area contributed by atoms with Crippen LogP contribution in [0.15, 0.2) is 35.2 Å². The average Bonchev–Trinajstić information content (AvgIpc) is 3.01. The highest BCUT2D eigenvalue weighted by Crippen LogP contribution is 2.27. The fourth-order valence-corrected chi connectivity index (χ4v) is 4.48. The van der Waals surface area contributed by atoms with Crippen molar-refractivity contribution in [2.24, 2.45) is 5.92 Å². The van der Waals surface area contributed by atoms with Crippen molar-refractivity contribution in [1.82, 2.24) is 10.2 Å². The summed E-state index contributed by atoms with van der Waals surface area (Å²) >= 11 is 0. The van der Waals surface area contributed by atoms with E-state index in [0.717, 1.165) is 25.6 Å². The van der Waals surface area contributed by atoms with E-state index in [0.29, 0.717) is 17.5 Å². The van der Waals surface area contributed by atoms with Crippen LogP contribution in [0, 0.1) is 5.92 Å². The molecule has 1 aromatic rings. The van der Waals surface area contributed by atoms with Gasteiger partial charge in [0.05, 0.1) is 10.6 Å². The quantitative estimate of drug-likeness (QED) is 0.884. The number of nitrogens with zero attached hydrogens (tertiary/aromatic N) is 1. The van der Waals surface area contributed by atoms with Gasteiger partial charge < -0.3 is 5.32 Å². The van der Waals surface area contributed by atoms with Gasteiger partial charge in [-0.3, -0.25) is 4.90 Å². The highest BCUT2D eigenvalue weighted by atomic mass is 32.2. The van der Waals surface area contributed by atoms with Gasteiger partial charge in [-0.1, -0.05) is 18.2 Å². The molecule has 0 aliphatic carbocycles. The lowest BCUT2D eigenvalue weighted by atomic mass is 10.1. The maximum atomic E-state index is 12.2. The maximum Gasteiger partial charge on any atom is 0.179 e. The van der Waals surface area contributed by atoms with E-state index < -0.39 is 9.84 Å². The van der Waals surface area contributed by atoms with E-state index in [1.165, 1.54) is 6.42 Å². The molecule has 3 rings (SSSR count). The van der Waals surface area contributed by atoms with Crippen molar-refractivity contribution in [3.8, 4) is 0 Å². The fraction of sp³-hybridized carbons (Fsp3) is 0.571. The van der Waals surface area contributed by atoms with Crippen LogP contribution in [0.5, 0.6) is 0 Å². The molecule has 2 aliphatic heterocycles. The molecule has 2 aliphatic rings. The molecule has 104 valence electrons. The second-order valence-corrected chi connectivity index (χ2v) is 7.55. The first-order valence-corrected chi connectivity index (χ1v) is 8.54. The molecule has 0 saturated carbocycles. The minimum absolute atomic E-state index is 0.222. The van der Waals surface area contributed by atoms with Crippen LogP contribution in [-0.4, -0.2) is 51.3 Å². The van der Waals surface area contributed by atoms with Crippen molar-refractivity contribution in [3.63, 3.8) is 0 Å². The average molecular weight is 280 g/mol. The topological polar surface area (TPSA) is 49.4 Å². The van der Waals surface area contributed by atoms with E-state index in [2.05, 4.69) is 10.2 Å². The summed E-state index contributed by atoms with van der Waals surface area (Å²) in [6.07, 6.45) is 1.20. The Morgan fingerprint density at radius 3 is 2.79 bits per heavy atom. The molecular weight excluding hydrogens is 260 g/mol. The summed E-state index contributed by atoms with van der Waals surface area (Å²) < 4.78 is 24.5. The number of likely N-dealkylation sites (tertiary alicyclic amines) is 1. The Labute approximate surface area is 114 Å². The van der Waals surface area contributed by atoms with E-state index in [9.17, 15) is 8.42 Å². The Morgan fingerprint density at radius 1 is 1.21 bits per heavy atom. The van der Waals surface area contributed by atoms with Gasteiger partial charge in [0, 0.05) is 19.1 Å². The largest absolute Gasteiger partial charge is 0.315 e. The van der Waals surface area contributed by atoms with E-state index in [4.69, 9.17) is 0 Å². The molecule has 19 heavy (non-hydrogen) atoms. The summed E-state index contributed by atoms with van der Waals surface area (Å²) in [6, 6.07) is 9.30. The number of sulfone groups is 1. The van der Waals surface area contributed by atoms with Gasteiger partial charge in [0.15, 0.2) is 9.84 Å². The van der Waals surface area contributed by atoms with E-state index in [-0.39, 0.29) is 5.75 Å². The van der Waals surface area contributed by atoms with Gasteiger partial charge in [-0.25, -0.2) is 8.42 Å². The molecule has 0 bridgehead atoms. The van der Waals surface area contributed by atoms with Gasteiger partial charge in [-0.2, -0.15) is 0 Å². The maximum absolute atomic E-state index is 12.2. The van der Waals surface area contributed by atoms with Crippen LogP contribution in [0.3, 0.4) is 0 Å². The highest BCUT2D eigenvalue weighted by molar-refractivity contribution is 7.91. The molecule has 2 fully saturated rings. The zero-order chi connectivity index (χ0) is 13.3. The van der Waals surface area contributed by atoms with Crippen molar-refractivity contribution >= 4 is 9.84 Å². The second-order valence-electron chi connectivity index (χ2n) is 5.44. The first kappa shape index (κ1) is 13.1. The third kappa shape index (κ3) is 2.68. The van der Waals surface area contributed by atoms with Crippen molar-refractivity contribution in [1.29, 1.82) is 0 Å². The standard InChI is InChI=1S/C14H20N2O2S/c17-19(18,13-4-2-1-3-5-13)9-8-16-7-6-12-10-15-11-14(12)16/h1-5,12,14-15H,6-11H2/t12-,14+/m0/s1. The van der Waals surface area contributed by atoms with Crippen molar-refractivity contribution in [2.75, 3.05) is 31.9 Å². The Balaban J connectivity index is 1.63. The van der Waals surface area contributed by atoms with Crippen LogP contribution in [0.25, 0.3) is 0 Å². The fourth-order valence-electron chi connectivity index (χ4n) is 3.20. The predicted octanol–water partition coefficient (Wildman–Crippen LogP) is 0.754. The van der Waals surface area contributed by atoms with Gasteiger partial charge in [-0.05, 0) is 37.6 Å². The number of hydrogen-bond acceptors (Lipinski definition) is 4. The first-order valence-electron chi connectivity index (χ1n) is 6.89. The SMILES string of the molecule is O=S(=O)(CCN1CC[C@H]2CNC[C@H]21)c1ccccc1. The van der Waals surface area contributed by atoms with Gasteiger partial charge in [-0.15, -0.1) is 0 Å². The van der Waals surface area contributed by atoms with Gasteiger partial charge in [0.1, 0.15) is 0 Å². The molecule has 4 nitrogen and oxygen atoms in total. The molecule has 0 amide bonds. The molecule has 2 atom stereocenters. The van der Waals surface area contributed by atoms with Crippen molar-refractivity contribution in [3.05, 3.63) is 30.3 Å². The number of benzene rings is 1. The Kier molecular flexibility index (Phi) is 3.60. The summed E-state index contributed by atoms with van der Waals surface area (Å²) in [5.41, 5.74) is 0. The predicted molar refractivity (Wildman–Crippen MR) is 74.8 cm³/mol. The number of nitrogens with one attached hydrogen (secondary N) is 1. The monoisotopic (exact) mass is 280 g/mol. The summed E-state index contributed by atoms with van der Waals surface area (Å²) in [4.78, 5) is 2.78. The molecule has 1 aromatic carbocycles. The molecule has 1 N–H and O–H groups in total. The second kappa shape index (κ2) is 5.23. The van der Waals surface area contributed by atoms with Crippen LogP contribution >= 0.6 is 0 Å². The summed E-state index contributed by atoms with van der Waals surface area (Å²) in [7, 11) is -3.14. The van der Waals surface area contributed by atoms with E-state index in [1.54, 1.807) is 24.3 Å². The number of hydrogen-bond donors (Lipinski definition) is 1. The summed E-state index contributed by atoms with van der Waals surface area (Å²) in [5, 5.41) is 3.39. The van der Waals surface area contributed by atoms with Gasteiger partial charge >= 0.3 is 0 Å². The summed E-state index contributed by atoms with van der Waals surface area (Å²) in [5.74, 6) is 0.944. The van der Waals surface area contributed by atoms with Gasteiger partial charge in [0.25, 0.3) is 0 Å². The zero-order valence-electron chi connectivity index (χ0n) is 11.0. The van der Waals surface area contributed by atoms with Gasteiger partial charge in [0.2, 0.25) is 0 Å². The zero-order valence-corrected chi connectivity index (χ0v) is 11.8. The van der Waals surface area contributed by atoms with Crippen LogP contribution in [0.1, 0.15) is 6.42 Å². The molecular formula is C14H20N2O2S. The lowest BCUT2D eigenvalue weighted by Crippen LogP contribution is -2.37. The minimum Gasteiger partial charge on any atom is -0.315 e. The Morgan fingerprint density at radius 2 is 2.00 bits per heavy atom. The summed E-state index contributed by atoms with van der Waals surface area (Å²) in [6.45, 7) is 3.80. The van der Waals surface area contributed by atoms with Crippen molar-refractivity contribution in [2.45, 2.75) is 17.4 Å². The Hall–Kier alpha value is -0.910. The lowest BCUT2D eigenvalue weighted by molar-refractivity contribution is 0.266. The van der Waals surface area contributed by atoms with Crippen LogP contribution < -0.4 is 5.32 Å². The lowest BCUT2D eigenvalue weighted by Gasteiger charge is -2.22. The molecule has 5 heteroatoms. The van der Waals surface area contributed by atoms with E-state index >= 15 is 0 Å². The smallest absolute Gasteiger partial charge is 0.179 e. The molecule has 0 unspecified atom stereocenters. The normalized spacial score (nSPS) is 27.6. The van der Waals surface area contributed by atoms with Crippen molar-refractivity contribution < 1.29 is 8.42 Å². The van der Waals surface area contributed by atoms with Crippen LogP contribution in [0.4, 0.5) is 0 Å². The third-order valence-electron chi connectivity index (χ3n) is 4.31. The first-order chi connectivity index (χ1) is 9.17. The van der Waals surface area contributed by atoms with E-state index in [1.807, 2.05) is 6.07 Å². The van der Waals surface area contributed by atoms with Crippen LogP contribution in [-0.2, 0) is 9.84 Å². The highest BCUT2D eigenvalue weighted by Gasteiger charge is 2.37. The number of rotatable bonds is 4. The molecule has 2 saturated heterocycles. The molecule has 0 aromatic heterocycles. The molecule has 0 radical (unpaired) electrons. The molecule has 0 spiro atoms. The third-order valence-corrected chi connectivity index (χ3v) is 6.02. The Bertz CT molecular complexity index is 530. The van der Waals surface area contributed by atoms with Crippen LogP contribution in [0.2, 0.25) is 0 Å². The number of fused-ring (bicyclic) bond motifs is 1. The minimum atomic E-state index is -3.14. The molecule has 2 heterocycles.